The molecule has 188 valence electrons. The standard InChI is InChI=1S/C29H25ClFN3O3/c30-20-2-7-24-25(15-20)33(23-5-3-22(4-6-23)32-16-28(17-32)8-1-9-28)27(37)34(24)29(10-11-29)19-12-18(26(35)36)13-21(31)14-19/h2-7,12-15H,1,8-11,16-17H2,(H,35,36). The maximum atomic E-state index is 14.4. The average molecular weight is 518 g/mol. The third-order valence-electron chi connectivity index (χ3n) is 8.58. The van der Waals surface area contributed by atoms with Crippen molar-refractivity contribution in [1.29, 1.82) is 0 Å². The Morgan fingerprint density at radius 3 is 2.22 bits per heavy atom. The summed E-state index contributed by atoms with van der Waals surface area (Å²) in [6.07, 6.45) is 5.17. The maximum absolute atomic E-state index is 14.4. The number of benzene rings is 3. The van der Waals surface area contributed by atoms with Crippen LogP contribution >= 0.6 is 11.6 Å². The van der Waals surface area contributed by atoms with Crippen LogP contribution in [0.4, 0.5) is 10.1 Å². The van der Waals surface area contributed by atoms with Gasteiger partial charge in [0, 0.05) is 29.2 Å². The van der Waals surface area contributed by atoms with E-state index >= 15 is 0 Å². The van der Waals surface area contributed by atoms with Crippen molar-refractivity contribution in [2.75, 3.05) is 18.0 Å². The lowest BCUT2D eigenvalue weighted by atomic mass is 9.63. The summed E-state index contributed by atoms with van der Waals surface area (Å²) in [7, 11) is 0. The number of imidazole rings is 1. The highest BCUT2D eigenvalue weighted by atomic mass is 35.5. The molecule has 3 aromatic carbocycles. The van der Waals surface area contributed by atoms with Crippen LogP contribution in [0.15, 0.2) is 65.5 Å². The summed E-state index contributed by atoms with van der Waals surface area (Å²) in [6.45, 7) is 2.19. The minimum atomic E-state index is -1.20. The normalized spacial score (nSPS) is 19.0. The van der Waals surface area contributed by atoms with E-state index in [0.717, 1.165) is 30.5 Å². The number of carboxylic acids is 1. The van der Waals surface area contributed by atoms with Crippen molar-refractivity contribution in [1.82, 2.24) is 9.13 Å². The summed E-state index contributed by atoms with van der Waals surface area (Å²) < 4.78 is 17.8. The summed E-state index contributed by atoms with van der Waals surface area (Å²) in [5.41, 5.74) is 3.00. The molecular weight excluding hydrogens is 493 g/mol. The van der Waals surface area contributed by atoms with E-state index in [0.29, 0.717) is 39.9 Å². The SMILES string of the molecule is O=C(O)c1cc(F)cc(C2(n3c(=O)n(-c4ccc(N5CC6(CCC6)C5)cc4)c4cc(Cl)ccc43)CC2)c1. The van der Waals surface area contributed by atoms with Crippen LogP contribution in [0.2, 0.25) is 5.02 Å². The van der Waals surface area contributed by atoms with Crippen LogP contribution < -0.4 is 10.6 Å². The summed E-state index contributed by atoms with van der Waals surface area (Å²) >= 11 is 6.36. The second-order valence-electron chi connectivity index (χ2n) is 10.9. The molecule has 0 radical (unpaired) electrons. The molecule has 0 unspecified atom stereocenters. The Labute approximate surface area is 217 Å². The number of halogens is 2. The number of carboxylic acid groups (broad SMARTS) is 1. The number of aromatic nitrogens is 2. The lowest BCUT2D eigenvalue weighted by Gasteiger charge is -2.57. The number of nitrogens with zero attached hydrogens (tertiary/aromatic N) is 3. The second kappa shape index (κ2) is 7.71. The fourth-order valence-corrected chi connectivity index (χ4v) is 6.49. The van der Waals surface area contributed by atoms with Crippen molar-refractivity contribution in [3.05, 3.63) is 93.1 Å². The molecule has 3 fully saturated rings. The first-order valence-corrected chi connectivity index (χ1v) is 13.0. The van der Waals surface area contributed by atoms with Crippen LogP contribution in [-0.2, 0) is 5.54 Å². The first-order valence-electron chi connectivity index (χ1n) is 12.6. The highest BCUT2D eigenvalue weighted by Crippen LogP contribution is 2.51. The number of rotatable bonds is 5. The molecule has 8 heteroatoms. The Balaban J connectivity index is 1.34. The van der Waals surface area contributed by atoms with Gasteiger partial charge in [-0.05, 0) is 91.9 Å². The molecule has 0 amide bonds. The molecule has 7 rings (SSSR count). The lowest BCUT2D eigenvalue weighted by molar-refractivity contribution is 0.0696. The minimum absolute atomic E-state index is 0.133. The fraction of sp³-hybridized carbons (Fsp3) is 0.310. The van der Waals surface area contributed by atoms with E-state index in [4.69, 9.17) is 11.6 Å². The van der Waals surface area contributed by atoms with Crippen LogP contribution in [0.3, 0.4) is 0 Å². The van der Waals surface area contributed by atoms with Crippen molar-refractivity contribution in [2.45, 2.75) is 37.6 Å². The molecule has 0 atom stereocenters. The molecule has 2 heterocycles. The van der Waals surface area contributed by atoms with Gasteiger partial charge in [0.15, 0.2) is 0 Å². The van der Waals surface area contributed by atoms with Gasteiger partial charge < -0.3 is 10.0 Å². The topological polar surface area (TPSA) is 67.5 Å². The van der Waals surface area contributed by atoms with Gasteiger partial charge >= 0.3 is 11.7 Å². The highest BCUT2D eigenvalue weighted by Gasteiger charge is 2.49. The molecule has 0 bridgehead atoms. The molecule has 37 heavy (non-hydrogen) atoms. The molecule has 2 saturated carbocycles. The van der Waals surface area contributed by atoms with E-state index in [1.807, 2.05) is 12.1 Å². The van der Waals surface area contributed by atoms with E-state index in [-0.39, 0.29) is 11.3 Å². The van der Waals surface area contributed by atoms with Crippen molar-refractivity contribution >= 4 is 34.3 Å². The van der Waals surface area contributed by atoms with E-state index in [2.05, 4.69) is 17.0 Å². The number of fused-ring (bicyclic) bond motifs is 1. The van der Waals surface area contributed by atoms with Gasteiger partial charge in [-0.3, -0.25) is 9.13 Å². The number of aromatic carboxylic acids is 1. The summed E-state index contributed by atoms with van der Waals surface area (Å²) in [5, 5.41) is 9.98. The first-order chi connectivity index (χ1) is 17.8. The van der Waals surface area contributed by atoms with Gasteiger partial charge in [0.05, 0.1) is 27.8 Å². The van der Waals surface area contributed by atoms with E-state index in [9.17, 15) is 19.1 Å². The number of carbonyl (C=O) groups is 1. The van der Waals surface area contributed by atoms with Crippen LogP contribution in [0.5, 0.6) is 0 Å². The monoisotopic (exact) mass is 517 g/mol. The zero-order chi connectivity index (χ0) is 25.5. The first kappa shape index (κ1) is 22.6. The van der Waals surface area contributed by atoms with E-state index in [1.54, 1.807) is 27.3 Å². The molecule has 1 N–H and O–H groups in total. The largest absolute Gasteiger partial charge is 0.478 e. The summed E-state index contributed by atoms with van der Waals surface area (Å²) in [4.78, 5) is 28.0. The Kier molecular flexibility index (Phi) is 4.71. The Bertz CT molecular complexity index is 1640. The van der Waals surface area contributed by atoms with Crippen LogP contribution in [0, 0.1) is 11.2 Å². The quantitative estimate of drug-likeness (QED) is 0.363. The molecular formula is C29H25ClFN3O3. The Morgan fingerprint density at radius 1 is 0.892 bits per heavy atom. The van der Waals surface area contributed by atoms with E-state index < -0.39 is 17.3 Å². The number of hydrogen-bond acceptors (Lipinski definition) is 3. The van der Waals surface area contributed by atoms with Crippen LogP contribution in [0.25, 0.3) is 16.7 Å². The molecule has 2 aliphatic carbocycles. The maximum Gasteiger partial charge on any atom is 0.335 e. The van der Waals surface area contributed by atoms with Gasteiger partial charge in [-0.2, -0.15) is 0 Å². The minimum Gasteiger partial charge on any atom is -0.478 e. The Morgan fingerprint density at radius 2 is 1.59 bits per heavy atom. The van der Waals surface area contributed by atoms with Gasteiger partial charge in [-0.15, -0.1) is 0 Å². The molecule has 1 aromatic heterocycles. The predicted octanol–water partition coefficient (Wildman–Crippen LogP) is 5.81. The number of anilines is 1. The van der Waals surface area contributed by atoms with Crippen molar-refractivity contribution < 1.29 is 14.3 Å². The van der Waals surface area contributed by atoms with Crippen molar-refractivity contribution in [3.63, 3.8) is 0 Å². The molecule has 4 aromatic rings. The number of hydrogen-bond donors (Lipinski definition) is 1. The van der Waals surface area contributed by atoms with Crippen molar-refractivity contribution in [2.24, 2.45) is 5.41 Å². The Hall–Kier alpha value is -3.58. The van der Waals surface area contributed by atoms with Crippen molar-refractivity contribution in [3.8, 4) is 5.69 Å². The van der Waals surface area contributed by atoms with E-state index in [1.165, 1.54) is 31.4 Å². The van der Waals surface area contributed by atoms with Gasteiger partial charge in [-0.25, -0.2) is 14.0 Å². The lowest BCUT2D eigenvalue weighted by Crippen LogP contribution is -2.59. The molecule has 1 spiro atoms. The van der Waals surface area contributed by atoms with Gasteiger partial charge in [0.2, 0.25) is 0 Å². The zero-order valence-corrected chi connectivity index (χ0v) is 20.8. The van der Waals surface area contributed by atoms with Crippen LogP contribution in [0.1, 0.15) is 48.0 Å². The van der Waals surface area contributed by atoms with Gasteiger partial charge in [0.1, 0.15) is 5.82 Å². The second-order valence-corrected chi connectivity index (χ2v) is 11.3. The van der Waals surface area contributed by atoms with Crippen LogP contribution in [-0.4, -0.2) is 33.3 Å². The smallest absolute Gasteiger partial charge is 0.335 e. The van der Waals surface area contributed by atoms with Gasteiger partial charge in [0.25, 0.3) is 0 Å². The molecule has 1 aliphatic heterocycles. The van der Waals surface area contributed by atoms with Gasteiger partial charge in [-0.1, -0.05) is 18.0 Å². The summed E-state index contributed by atoms with van der Waals surface area (Å²) in [6, 6.07) is 17.1. The zero-order valence-electron chi connectivity index (χ0n) is 20.1. The summed E-state index contributed by atoms with van der Waals surface area (Å²) in [5.74, 6) is -1.84. The fourth-order valence-electron chi connectivity index (χ4n) is 6.33. The predicted molar refractivity (Wildman–Crippen MR) is 141 cm³/mol. The molecule has 3 aliphatic rings. The third kappa shape index (κ3) is 3.37. The molecule has 6 nitrogen and oxygen atoms in total. The molecule has 1 saturated heterocycles. The average Bonchev–Trinajstić information content (AvgIpc) is 3.56. The highest BCUT2D eigenvalue weighted by molar-refractivity contribution is 6.31. The third-order valence-corrected chi connectivity index (χ3v) is 8.81.